The predicted molar refractivity (Wildman–Crippen MR) is 76.0 cm³/mol. The zero-order chi connectivity index (χ0) is 12.1. The third kappa shape index (κ3) is 3.04. The Morgan fingerprint density at radius 1 is 0.941 bits per heavy atom. The molecule has 0 radical (unpaired) electrons. The van der Waals surface area contributed by atoms with Crippen molar-refractivity contribution in [3.63, 3.8) is 0 Å². The highest BCUT2D eigenvalue weighted by molar-refractivity contribution is 7.99. The summed E-state index contributed by atoms with van der Waals surface area (Å²) in [6.45, 7) is 3.19. The Bertz CT molecular complexity index is 467. The monoisotopic (exact) mass is 243 g/mol. The Labute approximate surface area is 107 Å². The zero-order valence-corrected chi connectivity index (χ0v) is 11.1. The average Bonchev–Trinajstić information content (AvgIpc) is 2.40. The third-order valence-corrected chi connectivity index (χ3v) is 3.79. The topological polar surface area (TPSA) is 3.24 Å². The number of anilines is 1. The lowest BCUT2D eigenvalue weighted by molar-refractivity contribution is 0.952. The van der Waals surface area contributed by atoms with Gasteiger partial charge in [-0.1, -0.05) is 42.1 Å². The maximum absolute atomic E-state index is 2.27. The molecule has 17 heavy (non-hydrogen) atoms. The standard InChI is InChI=1S/C15H17NS/c1-3-16(2)14-11-7-8-12-15(14)17-13-9-5-4-6-10-13/h4-12H,3H2,1-2H3. The first-order valence-corrected chi connectivity index (χ1v) is 6.66. The van der Waals surface area contributed by atoms with Crippen molar-refractivity contribution in [3.8, 4) is 0 Å². The summed E-state index contributed by atoms with van der Waals surface area (Å²) in [5, 5.41) is 0. The van der Waals surface area contributed by atoms with E-state index in [0.29, 0.717) is 0 Å². The number of nitrogens with zero attached hydrogens (tertiary/aromatic N) is 1. The highest BCUT2D eigenvalue weighted by Crippen LogP contribution is 2.34. The van der Waals surface area contributed by atoms with Gasteiger partial charge in [0.15, 0.2) is 0 Å². The van der Waals surface area contributed by atoms with Crippen LogP contribution >= 0.6 is 11.8 Å². The average molecular weight is 243 g/mol. The van der Waals surface area contributed by atoms with Crippen molar-refractivity contribution in [3.05, 3.63) is 54.6 Å². The van der Waals surface area contributed by atoms with E-state index in [4.69, 9.17) is 0 Å². The van der Waals surface area contributed by atoms with Gasteiger partial charge >= 0.3 is 0 Å². The highest BCUT2D eigenvalue weighted by atomic mass is 32.2. The van der Waals surface area contributed by atoms with Crippen molar-refractivity contribution in [2.75, 3.05) is 18.5 Å². The van der Waals surface area contributed by atoms with Gasteiger partial charge in [0.05, 0.1) is 5.69 Å². The second kappa shape index (κ2) is 5.78. The van der Waals surface area contributed by atoms with Crippen molar-refractivity contribution in [1.29, 1.82) is 0 Å². The second-order valence-corrected chi connectivity index (χ2v) is 5.01. The van der Waals surface area contributed by atoms with Crippen LogP contribution in [0.3, 0.4) is 0 Å². The van der Waals surface area contributed by atoms with Crippen molar-refractivity contribution >= 4 is 17.4 Å². The quantitative estimate of drug-likeness (QED) is 0.788. The molecule has 0 bridgehead atoms. The van der Waals surface area contributed by atoms with E-state index in [1.807, 2.05) is 17.8 Å². The Balaban J connectivity index is 2.27. The van der Waals surface area contributed by atoms with Gasteiger partial charge in [0.1, 0.15) is 0 Å². The molecule has 0 aliphatic rings. The molecule has 0 aliphatic heterocycles. The van der Waals surface area contributed by atoms with Crippen molar-refractivity contribution in [1.82, 2.24) is 0 Å². The van der Waals surface area contributed by atoms with Gasteiger partial charge in [-0.25, -0.2) is 0 Å². The van der Waals surface area contributed by atoms with E-state index in [9.17, 15) is 0 Å². The van der Waals surface area contributed by atoms with Crippen LogP contribution in [-0.4, -0.2) is 13.6 Å². The summed E-state index contributed by atoms with van der Waals surface area (Å²) in [5.41, 5.74) is 1.30. The maximum atomic E-state index is 2.27. The molecule has 0 N–H and O–H groups in total. The molecule has 2 heteroatoms. The van der Waals surface area contributed by atoms with Crippen molar-refractivity contribution in [2.24, 2.45) is 0 Å². The van der Waals surface area contributed by atoms with Gasteiger partial charge in [-0.15, -0.1) is 0 Å². The Kier molecular flexibility index (Phi) is 4.10. The number of benzene rings is 2. The molecule has 2 rings (SSSR count). The molecule has 88 valence electrons. The maximum Gasteiger partial charge on any atom is 0.0505 e. The van der Waals surface area contributed by atoms with Gasteiger partial charge in [-0.05, 0) is 31.2 Å². The van der Waals surface area contributed by atoms with Crippen molar-refractivity contribution < 1.29 is 0 Å². The minimum atomic E-state index is 1.02. The summed E-state index contributed by atoms with van der Waals surface area (Å²) in [6, 6.07) is 19.0. The van der Waals surface area contributed by atoms with E-state index >= 15 is 0 Å². The van der Waals surface area contributed by atoms with Gasteiger partial charge in [-0.3, -0.25) is 0 Å². The Morgan fingerprint density at radius 3 is 2.29 bits per heavy atom. The van der Waals surface area contributed by atoms with E-state index in [-0.39, 0.29) is 0 Å². The van der Waals surface area contributed by atoms with E-state index in [1.54, 1.807) is 0 Å². The van der Waals surface area contributed by atoms with Gasteiger partial charge in [0, 0.05) is 23.4 Å². The number of para-hydroxylation sites is 1. The summed E-state index contributed by atoms with van der Waals surface area (Å²) in [6.07, 6.45) is 0. The van der Waals surface area contributed by atoms with Crippen LogP contribution in [0.1, 0.15) is 6.92 Å². The second-order valence-electron chi connectivity index (χ2n) is 3.90. The number of hydrogen-bond donors (Lipinski definition) is 0. The Hall–Kier alpha value is -1.41. The molecule has 0 spiro atoms. The smallest absolute Gasteiger partial charge is 0.0505 e. The van der Waals surface area contributed by atoms with Gasteiger partial charge in [0.2, 0.25) is 0 Å². The largest absolute Gasteiger partial charge is 0.374 e. The lowest BCUT2D eigenvalue weighted by atomic mass is 10.3. The van der Waals surface area contributed by atoms with Crippen LogP contribution in [0.25, 0.3) is 0 Å². The van der Waals surface area contributed by atoms with E-state index < -0.39 is 0 Å². The van der Waals surface area contributed by atoms with Gasteiger partial charge in [0.25, 0.3) is 0 Å². The van der Waals surface area contributed by atoms with Crippen LogP contribution in [-0.2, 0) is 0 Å². The molecule has 0 atom stereocenters. The van der Waals surface area contributed by atoms with Crippen LogP contribution in [0.4, 0.5) is 5.69 Å². The van der Waals surface area contributed by atoms with E-state index in [2.05, 4.69) is 67.4 Å². The molecule has 0 unspecified atom stereocenters. The normalized spacial score (nSPS) is 10.2. The molecular formula is C15H17NS. The highest BCUT2D eigenvalue weighted by Gasteiger charge is 2.06. The van der Waals surface area contributed by atoms with Crippen LogP contribution in [0.2, 0.25) is 0 Å². The fourth-order valence-corrected chi connectivity index (χ4v) is 2.67. The molecule has 0 amide bonds. The SMILES string of the molecule is CCN(C)c1ccccc1Sc1ccccc1. The lowest BCUT2D eigenvalue weighted by Crippen LogP contribution is -2.16. The minimum absolute atomic E-state index is 1.02. The third-order valence-electron chi connectivity index (χ3n) is 2.72. The molecule has 1 nitrogen and oxygen atoms in total. The molecule has 0 saturated heterocycles. The summed E-state index contributed by atoms with van der Waals surface area (Å²) in [5.74, 6) is 0. The summed E-state index contributed by atoms with van der Waals surface area (Å²) in [7, 11) is 2.13. The number of rotatable bonds is 4. The van der Waals surface area contributed by atoms with Gasteiger partial charge in [-0.2, -0.15) is 0 Å². The molecule has 0 saturated carbocycles. The lowest BCUT2D eigenvalue weighted by Gasteiger charge is -2.20. The molecule has 0 aromatic heterocycles. The predicted octanol–water partition coefficient (Wildman–Crippen LogP) is 4.29. The fraction of sp³-hybridized carbons (Fsp3) is 0.200. The Morgan fingerprint density at radius 2 is 1.59 bits per heavy atom. The summed E-state index contributed by atoms with van der Waals surface area (Å²) >= 11 is 1.82. The molecular weight excluding hydrogens is 226 g/mol. The first-order chi connectivity index (χ1) is 8.31. The van der Waals surface area contributed by atoms with Crippen LogP contribution < -0.4 is 4.90 Å². The molecule has 2 aromatic rings. The first kappa shape index (κ1) is 12.1. The van der Waals surface area contributed by atoms with Crippen molar-refractivity contribution in [2.45, 2.75) is 16.7 Å². The minimum Gasteiger partial charge on any atom is -0.374 e. The summed E-state index contributed by atoms with van der Waals surface area (Å²) < 4.78 is 0. The molecule has 0 fully saturated rings. The van der Waals surface area contributed by atoms with Crippen LogP contribution in [0, 0.1) is 0 Å². The van der Waals surface area contributed by atoms with E-state index in [0.717, 1.165) is 6.54 Å². The van der Waals surface area contributed by atoms with E-state index in [1.165, 1.54) is 15.5 Å². The van der Waals surface area contributed by atoms with Crippen LogP contribution in [0.5, 0.6) is 0 Å². The molecule has 2 aromatic carbocycles. The first-order valence-electron chi connectivity index (χ1n) is 5.84. The summed E-state index contributed by atoms with van der Waals surface area (Å²) in [4.78, 5) is 4.86. The molecule has 0 aliphatic carbocycles. The number of hydrogen-bond acceptors (Lipinski definition) is 2. The molecule has 0 heterocycles. The fourth-order valence-electron chi connectivity index (χ4n) is 1.64. The zero-order valence-electron chi connectivity index (χ0n) is 10.3. The van der Waals surface area contributed by atoms with Gasteiger partial charge < -0.3 is 4.90 Å². The van der Waals surface area contributed by atoms with Crippen LogP contribution in [0.15, 0.2) is 64.4 Å².